The summed E-state index contributed by atoms with van der Waals surface area (Å²) in [5, 5.41) is 14.3. The Morgan fingerprint density at radius 3 is 2.79 bits per heavy atom. The molecular weight excluding hydrogens is 320 g/mol. The summed E-state index contributed by atoms with van der Waals surface area (Å²) in [7, 11) is 1.69. The number of aromatic nitrogens is 1. The van der Waals surface area contributed by atoms with E-state index < -0.39 is 0 Å². The molecule has 0 saturated heterocycles. The molecule has 128 valence electrons. The molecule has 2 aliphatic rings. The molecule has 2 aromatic rings. The molecule has 1 saturated carbocycles. The van der Waals surface area contributed by atoms with Crippen LogP contribution in [0.15, 0.2) is 24.3 Å². The Kier molecular flexibility index (Phi) is 4.33. The van der Waals surface area contributed by atoms with E-state index in [9.17, 15) is 5.11 Å². The lowest BCUT2D eigenvalue weighted by molar-refractivity contribution is 0.202. The van der Waals surface area contributed by atoms with E-state index in [1.165, 1.54) is 23.4 Å². The first-order valence-electron chi connectivity index (χ1n) is 8.71. The molecule has 4 nitrogen and oxygen atoms in total. The smallest absolute Gasteiger partial charge is 0.123 e. The second-order valence-corrected chi connectivity index (χ2v) is 8.07. The van der Waals surface area contributed by atoms with Gasteiger partial charge in [-0.2, -0.15) is 0 Å². The van der Waals surface area contributed by atoms with Crippen molar-refractivity contribution < 1.29 is 9.84 Å². The third kappa shape index (κ3) is 3.08. The highest BCUT2D eigenvalue weighted by molar-refractivity contribution is 7.15. The number of nitrogens with zero attached hydrogens (tertiary/aromatic N) is 1. The zero-order valence-corrected chi connectivity index (χ0v) is 14.9. The van der Waals surface area contributed by atoms with E-state index in [1.54, 1.807) is 7.11 Å². The van der Waals surface area contributed by atoms with E-state index in [0.717, 1.165) is 42.1 Å². The van der Waals surface area contributed by atoms with Gasteiger partial charge in [-0.05, 0) is 56.4 Å². The number of aliphatic hydroxyl groups is 1. The van der Waals surface area contributed by atoms with Gasteiger partial charge in [0.15, 0.2) is 0 Å². The van der Waals surface area contributed by atoms with Crippen LogP contribution in [0.3, 0.4) is 0 Å². The van der Waals surface area contributed by atoms with E-state index in [-0.39, 0.29) is 5.41 Å². The van der Waals surface area contributed by atoms with E-state index in [4.69, 9.17) is 9.72 Å². The predicted octanol–water partition coefficient (Wildman–Crippen LogP) is 3.56. The number of aryl methyl sites for hydroxylation is 1. The second kappa shape index (κ2) is 6.47. The van der Waals surface area contributed by atoms with Crippen LogP contribution in [-0.2, 0) is 6.42 Å². The van der Waals surface area contributed by atoms with Gasteiger partial charge in [0, 0.05) is 35.0 Å². The molecule has 4 rings (SSSR count). The molecule has 0 radical (unpaired) electrons. The van der Waals surface area contributed by atoms with Crippen molar-refractivity contribution in [1.29, 1.82) is 0 Å². The van der Waals surface area contributed by atoms with Gasteiger partial charge in [0.05, 0.1) is 12.8 Å². The summed E-state index contributed by atoms with van der Waals surface area (Å²) in [5.74, 6) is 0.873. The average molecular weight is 344 g/mol. The molecule has 5 heteroatoms. The third-order valence-corrected chi connectivity index (χ3v) is 6.56. The maximum absolute atomic E-state index is 9.52. The van der Waals surface area contributed by atoms with E-state index in [0.29, 0.717) is 12.6 Å². The van der Waals surface area contributed by atoms with Gasteiger partial charge in [-0.1, -0.05) is 0 Å². The fraction of sp³-hybridized carbons (Fsp3) is 0.526. The van der Waals surface area contributed by atoms with Gasteiger partial charge in [-0.25, -0.2) is 4.98 Å². The molecule has 0 aliphatic heterocycles. The van der Waals surface area contributed by atoms with Crippen LogP contribution in [0, 0.1) is 5.41 Å². The van der Waals surface area contributed by atoms with Crippen LogP contribution < -0.4 is 10.1 Å². The van der Waals surface area contributed by atoms with Crippen molar-refractivity contribution in [3.05, 3.63) is 34.8 Å². The van der Waals surface area contributed by atoms with Gasteiger partial charge >= 0.3 is 0 Å². The highest BCUT2D eigenvalue weighted by Gasteiger charge is 2.42. The molecule has 1 aromatic carbocycles. The van der Waals surface area contributed by atoms with E-state index >= 15 is 0 Å². The van der Waals surface area contributed by atoms with Gasteiger partial charge in [0.2, 0.25) is 0 Å². The molecule has 0 amide bonds. The van der Waals surface area contributed by atoms with Crippen molar-refractivity contribution in [2.75, 3.05) is 20.3 Å². The highest BCUT2D eigenvalue weighted by Crippen LogP contribution is 2.45. The molecule has 1 aromatic heterocycles. The van der Waals surface area contributed by atoms with E-state index in [1.807, 2.05) is 23.5 Å². The lowest BCUT2D eigenvalue weighted by Gasteiger charge is -2.24. The number of fused-ring (bicyclic) bond motifs is 1. The Morgan fingerprint density at radius 1 is 1.33 bits per heavy atom. The number of benzene rings is 1. The topological polar surface area (TPSA) is 54.4 Å². The number of hydrogen-bond acceptors (Lipinski definition) is 5. The summed E-state index contributed by atoms with van der Waals surface area (Å²) in [5.41, 5.74) is 2.56. The molecular formula is C19H24N2O2S. The standard InChI is InChI=1S/C19H24N2O2S/c1-23-14-7-5-13(6-8-14)18-21-16-4-2-3-15(17(16)24-18)20-11-19(12-22)9-10-19/h5-8,15,20,22H,2-4,9-12H2,1H3. The van der Waals surface area contributed by atoms with Gasteiger partial charge in [-0.3, -0.25) is 0 Å². The Balaban J connectivity index is 1.53. The van der Waals surface area contributed by atoms with Crippen molar-refractivity contribution >= 4 is 11.3 Å². The van der Waals surface area contributed by atoms with Crippen LogP contribution >= 0.6 is 11.3 Å². The Morgan fingerprint density at radius 2 is 2.12 bits per heavy atom. The molecule has 24 heavy (non-hydrogen) atoms. The Labute approximate surface area is 146 Å². The van der Waals surface area contributed by atoms with Crippen LogP contribution in [0.4, 0.5) is 0 Å². The van der Waals surface area contributed by atoms with Crippen molar-refractivity contribution in [3.8, 4) is 16.3 Å². The first-order valence-corrected chi connectivity index (χ1v) is 9.53. The quantitative estimate of drug-likeness (QED) is 0.841. The summed E-state index contributed by atoms with van der Waals surface area (Å²) in [6.45, 7) is 1.22. The molecule has 2 aliphatic carbocycles. The fourth-order valence-corrected chi connectivity index (χ4v) is 4.61. The van der Waals surface area contributed by atoms with Gasteiger partial charge in [0.25, 0.3) is 0 Å². The minimum Gasteiger partial charge on any atom is -0.497 e. The normalized spacial score (nSPS) is 21.3. The third-order valence-electron chi connectivity index (χ3n) is 5.30. The monoisotopic (exact) mass is 344 g/mol. The van der Waals surface area contributed by atoms with Gasteiger partial charge in [0.1, 0.15) is 10.8 Å². The highest BCUT2D eigenvalue weighted by atomic mass is 32.1. The predicted molar refractivity (Wildman–Crippen MR) is 96.5 cm³/mol. The molecule has 1 heterocycles. The van der Waals surface area contributed by atoms with Crippen molar-refractivity contribution in [2.24, 2.45) is 5.41 Å². The molecule has 0 bridgehead atoms. The first-order chi connectivity index (χ1) is 11.7. The molecule has 1 fully saturated rings. The van der Waals surface area contributed by atoms with Gasteiger partial charge < -0.3 is 15.2 Å². The summed E-state index contributed by atoms with van der Waals surface area (Å²) < 4.78 is 5.24. The average Bonchev–Trinajstić information content (AvgIpc) is 3.29. The number of nitrogens with one attached hydrogen (secondary N) is 1. The zero-order valence-electron chi connectivity index (χ0n) is 14.0. The van der Waals surface area contributed by atoms with Crippen molar-refractivity contribution in [2.45, 2.75) is 38.1 Å². The molecule has 1 unspecified atom stereocenters. The lowest BCUT2D eigenvalue weighted by atomic mass is 9.97. The van der Waals surface area contributed by atoms with Crippen molar-refractivity contribution in [1.82, 2.24) is 10.3 Å². The SMILES string of the molecule is COc1ccc(-c2nc3c(s2)C(NCC2(CO)CC2)CCC3)cc1. The minimum atomic E-state index is 0.154. The first kappa shape index (κ1) is 16.1. The van der Waals surface area contributed by atoms with Crippen LogP contribution in [-0.4, -0.2) is 30.4 Å². The number of hydrogen-bond donors (Lipinski definition) is 2. The number of aliphatic hydroxyl groups excluding tert-OH is 1. The Hall–Kier alpha value is -1.43. The van der Waals surface area contributed by atoms with Crippen LogP contribution in [0.2, 0.25) is 0 Å². The van der Waals surface area contributed by atoms with E-state index in [2.05, 4.69) is 17.4 Å². The molecule has 0 spiro atoms. The number of rotatable bonds is 6. The summed E-state index contributed by atoms with van der Waals surface area (Å²) in [6, 6.07) is 8.53. The molecule has 1 atom stereocenters. The number of thiazole rings is 1. The van der Waals surface area contributed by atoms with Crippen LogP contribution in [0.1, 0.15) is 42.3 Å². The largest absolute Gasteiger partial charge is 0.497 e. The summed E-state index contributed by atoms with van der Waals surface area (Å²) >= 11 is 1.81. The summed E-state index contributed by atoms with van der Waals surface area (Å²) in [6.07, 6.45) is 5.72. The second-order valence-electron chi connectivity index (χ2n) is 7.04. The number of methoxy groups -OCH3 is 1. The van der Waals surface area contributed by atoms with Crippen LogP contribution in [0.25, 0.3) is 10.6 Å². The minimum absolute atomic E-state index is 0.154. The van der Waals surface area contributed by atoms with Gasteiger partial charge in [-0.15, -0.1) is 11.3 Å². The molecule has 2 N–H and O–H groups in total. The Bertz CT molecular complexity index is 707. The van der Waals surface area contributed by atoms with Crippen LogP contribution in [0.5, 0.6) is 5.75 Å². The lowest BCUT2D eigenvalue weighted by Crippen LogP contribution is -2.31. The van der Waals surface area contributed by atoms with Crippen molar-refractivity contribution in [3.63, 3.8) is 0 Å². The maximum atomic E-state index is 9.52. The summed E-state index contributed by atoms with van der Waals surface area (Å²) in [4.78, 5) is 6.28. The zero-order chi connectivity index (χ0) is 16.6. The fourth-order valence-electron chi connectivity index (χ4n) is 3.38. The maximum Gasteiger partial charge on any atom is 0.123 e. The number of ether oxygens (including phenoxy) is 1.